The van der Waals surface area contributed by atoms with Gasteiger partial charge < -0.3 is 101 Å². The monoisotopic (exact) mass is 824 g/mol. The first-order valence-electron chi connectivity index (χ1n) is 9.82. The summed E-state index contributed by atoms with van der Waals surface area (Å²) in [7, 11) is -36.4. The van der Waals surface area contributed by atoms with Gasteiger partial charge in [0.05, 0.1) is 0 Å². The van der Waals surface area contributed by atoms with E-state index in [4.69, 9.17) is 101 Å². The van der Waals surface area contributed by atoms with Gasteiger partial charge in [0.2, 0.25) is 0 Å². The molecule has 0 saturated heterocycles. The molecule has 0 aliphatic heterocycles. The Balaban J connectivity index is -0.000000101. The summed E-state index contributed by atoms with van der Waals surface area (Å²) in [5.74, 6) is -5.50. The first kappa shape index (κ1) is 57.3. The van der Waals surface area contributed by atoms with Crippen LogP contribution >= 0.6 is 60.8 Å². The summed E-state index contributed by atoms with van der Waals surface area (Å²) in [6.45, 7) is 2.39. The molecule has 276 valence electrons. The third-order valence-corrected chi connectivity index (χ3v) is 13.6. The van der Waals surface area contributed by atoms with E-state index in [1.807, 2.05) is 0 Å². The highest BCUT2D eigenvalue weighted by Crippen LogP contribution is 2.53. The third kappa shape index (κ3) is 104. The van der Waals surface area contributed by atoms with Crippen LogP contribution in [0.5, 0.6) is 0 Å². The molecule has 0 aromatic carbocycles. The molecule has 0 rings (SSSR count). The molecule has 0 aromatic heterocycles. The molecular weight excluding hydrogens is 784 g/mol. The van der Waals surface area contributed by atoms with E-state index in [0.717, 1.165) is 0 Å². The Morgan fingerprint density at radius 2 is 0.318 bits per heavy atom. The van der Waals surface area contributed by atoms with Crippen molar-refractivity contribution in [1.82, 2.24) is 0 Å². The summed E-state index contributed by atoms with van der Waals surface area (Å²) in [4.78, 5) is 128. The fourth-order valence-corrected chi connectivity index (χ4v) is 8.64. The lowest BCUT2D eigenvalue weighted by molar-refractivity contribution is 0.352. The fourth-order valence-electron chi connectivity index (χ4n) is 0.960. The van der Waals surface area contributed by atoms with Crippen LogP contribution in [0.25, 0.3) is 0 Å². The van der Waals surface area contributed by atoms with Crippen molar-refractivity contribution in [3.63, 3.8) is 0 Å². The Morgan fingerprint density at radius 1 is 0.250 bits per heavy atom. The summed E-state index contributed by atoms with van der Waals surface area (Å²) < 4.78 is 78.8. The summed E-state index contributed by atoms with van der Waals surface area (Å²) in [6, 6.07) is 0. The van der Waals surface area contributed by atoms with Crippen molar-refractivity contribution in [3.8, 4) is 0 Å². The van der Waals surface area contributed by atoms with Gasteiger partial charge in [-0.1, -0.05) is 0 Å². The molecule has 0 aliphatic carbocycles. The van der Waals surface area contributed by atoms with Crippen LogP contribution in [0.1, 0.15) is 0 Å². The Bertz CT molecular complexity index is 859. The molecule has 28 nitrogen and oxygen atoms in total. The molecular formula is C8H40N4O24P8. The number of rotatable bonds is 10. The van der Waals surface area contributed by atoms with E-state index >= 15 is 0 Å². The van der Waals surface area contributed by atoms with Crippen LogP contribution < -0.4 is 22.9 Å². The molecule has 0 radical (unpaired) electrons. The second-order valence-corrected chi connectivity index (χ2v) is 22.2. The van der Waals surface area contributed by atoms with Gasteiger partial charge in [-0.3, -0.25) is 36.5 Å². The Morgan fingerprint density at radius 3 is 0.318 bits per heavy atom. The fraction of sp³-hybridized carbons (Fsp3) is 1.00. The van der Waals surface area contributed by atoms with Crippen molar-refractivity contribution in [1.29, 1.82) is 0 Å². The zero-order valence-corrected chi connectivity index (χ0v) is 29.1. The van der Waals surface area contributed by atoms with E-state index < -0.39 is 84.4 Å². The number of hydrogen-bond acceptors (Lipinski definition) is 12. The minimum Gasteiger partial charge on any atom is -0.329 e. The zero-order valence-electron chi connectivity index (χ0n) is 22.0. The van der Waals surface area contributed by atoms with Crippen molar-refractivity contribution in [2.45, 2.75) is 0 Å². The molecule has 44 heavy (non-hydrogen) atoms. The van der Waals surface area contributed by atoms with Gasteiger partial charge in [0.25, 0.3) is 0 Å². The zero-order chi connectivity index (χ0) is 37.7. The van der Waals surface area contributed by atoms with Crippen LogP contribution in [0.3, 0.4) is 0 Å². The molecule has 24 N–H and O–H groups in total. The van der Waals surface area contributed by atoms with E-state index in [2.05, 4.69) is 0 Å². The molecule has 0 bridgehead atoms. The smallest absolute Gasteiger partial charge is 0.329 e. The van der Waals surface area contributed by atoms with Crippen molar-refractivity contribution in [2.75, 3.05) is 49.8 Å². The quantitative estimate of drug-likeness (QED) is 0.0917. The molecule has 0 heterocycles. The first-order chi connectivity index (χ1) is 18.7. The summed E-state index contributed by atoms with van der Waals surface area (Å²) >= 11 is 0. The molecule has 0 aromatic rings. The number of hydrogen-bond donors (Lipinski definition) is 20. The second kappa shape index (κ2) is 25.1. The predicted octanol–water partition coefficient (Wildman–Crippen LogP) is -5.00. The van der Waals surface area contributed by atoms with Gasteiger partial charge in [-0.2, -0.15) is 0 Å². The largest absolute Gasteiger partial charge is 0.337 e. The van der Waals surface area contributed by atoms with Crippen molar-refractivity contribution >= 4 is 60.8 Å². The highest BCUT2D eigenvalue weighted by atomic mass is 31.3. The van der Waals surface area contributed by atoms with Crippen LogP contribution in [0, 0.1) is 0 Å². The van der Waals surface area contributed by atoms with Crippen molar-refractivity contribution in [3.05, 3.63) is 0 Å². The van der Waals surface area contributed by atoms with Crippen LogP contribution in [0.15, 0.2) is 0 Å². The van der Waals surface area contributed by atoms with Gasteiger partial charge in [-0.05, 0) is 0 Å². The van der Waals surface area contributed by atoms with Gasteiger partial charge in [0, 0.05) is 26.2 Å². The van der Waals surface area contributed by atoms with Crippen LogP contribution in [0.2, 0.25) is 0 Å². The maximum Gasteiger partial charge on any atom is 0.337 e. The van der Waals surface area contributed by atoms with Crippen LogP contribution in [-0.2, 0) is 36.5 Å². The Kier molecular flexibility index (Phi) is 32.7. The maximum atomic E-state index is 9.85. The Labute approximate surface area is 248 Å². The maximum absolute atomic E-state index is 9.85. The molecule has 0 unspecified atom stereocenters. The SMILES string of the molecule is NCCN.NCCN.O=P(O)(O)CP(=O)(O)O.O=P(O)(O)CP(=O)(O)O.O=P(O)(O)CP(=O)(O)O.O=P(O)(O)CP(=O)(O)O. The van der Waals surface area contributed by atoms with E-state index in [1.165, 1.54) is 0 Å². The van der Waals surface area contributed by atoms with E-state index in [0.29, 0.717) is 26.2 Å². The van der Waals surface area contributed by atoms with Gasteiger partial charge in [0.15, 0.2) is 23.6 Å². The van der Waals surface area contributed by atoms with Crippen molar-refractivity contribution < 1.29 is 115 Å². The Hall–Kier alpha value is 1.04. The van der Waals surface area contributed by atoms with Crippen LogP contribution in [0.4, 0.5) is 0 Å². The second-order valence-electron chi connectivity index (χ2n) is 7.04. The van der Waals surface area contributed by atoms with E-state index in [1.54, 1.807) is 0 Å². The predicted molar refractivity (Wildman–Crippen MR) is 152 cm³/mol. The highest BCUT2D eigenvalue weighted by Gasteiger charge is 2.28. The highest BCUT2D eigenvalue weighted by molar-refractivity contribution is 7.70. The lowest BCUT2D eigenvalue weighted by Gasteiger charge is -2.03. The van der Waals surface area contributed by atoms with Gasteiger partial charge in [-0.15, -0.1) is 0 Å². The standard InChI is InChI=1S/2C2H8N2.4CH6O6P2/c2*3-1-2-4;4*2-8(3,4)1-9(5,6)7/h2*1-4H2;4*1H2,(H2,2,3,4)(H2,5,6,7). The third-order valence-electron chi connectivity index (χ3n) is 1.81. The topological polar surface area (TPSA) is 564 Å². The normalized spacial score (nSPS) is 12.6. The van der Waals surface area contributed by atoms with E-state index in [9.17, 15) is 36.5 Å². The van der Waals surface area contributed by atoms with Crippen molar-refractivity contribution in [2.24, 2.45) is 22.9 Å². The molecule has 0 spiro atoms. The summed E-state index contributed by atoms with van der Waals surface area (Å²) in [6.07, 6.45) is 0. The minimum atomic E-state index is -4.55. The van der Waals surface area contributed by atoms with Gasteiger partial charge >= 0.3 is 60.8 Å². The van der Waals surface area contributed by atoms with Gasteiger partial charge in [-0.25, -0.2) is 0 Å². The molecule has 0 saturated carbocycles. The average molecular weight is 824 g/mol. The lowest BCUT2D eigenvalue weighted by atomic mass is 10.7. The lowest BCUT2D eigenvalue weighted by Crippen LogP contribution is -2.11. The van der Waals surface area contributed by atoms with E-state index in [-0.39, 0.29) is 0 Å². The van der Waals surface area contributed by atoms with Crippen LogP contribution in [-0.4, -0.2) is 128 Å². The average Bonchev–Trinajstić information content (AvgIpc) is 2.58. The first-order valence-corrected chi connectivity index (χ1v) is 24.2. The molecule has 0 fully saturated rings. The molecule has 0 aliphatic rings. The number of nitrogens with two attached hydrogens (primary N) is 4. The molecule has 36 heteroatoms. The minimum absolute atomic E-state index is 0.597. The molecule has 0 amide bonds. The van der Waals surface area contributed by atoms with Gasteiger partial charge in [0.1, 0.15) is 0 Å². The summed E-state index contributed by atoms with van der Waals surface area (Å²) in [5, 5.41) is 0. The summed E-state index contributed by atoms with van der Waals surface area (Å²) in [5.41, 5.74) is 19.6. The molecule has 0 atom stereocenters.